The fraction of sp³-hybridized carbons (Fsp3) is 0. The molecule has 0 nitrogen and oxygen atoms in total. The maximum atomic E-state index is 14.0. The smallest absolute Gasteiger partial charge is 0.124 e. The van der Waals surface area contributed by atoms with Crippen LogP contribution in [0.15, 0.2) is 54.6 Å². The number of hydrogen-bond donors (Lipinski definition) is 0. The van der Waals surface area contributed by atoms with Crippen molar-refractivity contribution in [3.63, 3.8) is 0 Å². The average molecular weight is 306 g/mol. The number of hydrogen-bond acceptors (Lipinski definition) is 0. The van der Waals surface area contributed by atoms with Crippen molar-refractivity contribution in [1.29, 1.82) is 0 Å². The van der Waals surface area contributed by atoms with Gasteiger partial charge in [0.05, 0.1) is 0 Å². The number of fused-ring (bicyclic) bond motifs is 2. The predicted molar refractivity (Wildman–Crippen MR) is 87.5 cm³/mol. The Morgan fingerprint density at radius 3 is 1.57 bits per heavy atom. The summed E-state index contributed by atoms with van der Waals surface area (Å²) in [6.07, 6.45) is 0. The first-order chi connectivity index (χ1) is 11.1. The van der Waals surface area contributed by atoms with Crippen LogP contribution in [0.3, 0.4) is 0 Å². The van der Waals surface area contributed by atoms with Crippen LogP contribution in [0, 0.1) is 17.5 Å². The second-order valence-electron chi connectivity index (χ2n) is 5.86. The highest BCUT2D eigenvalue weighted by atomic mass is 19.1. The van der Waals surface area contributed by atoms with E-state index in [1.54, 1.807) is 0 Å². The lowest BCUT2D eigenvalue weighted by Crippen LogP contribution is -1.90. The number of rotatable bonds is 0. The summed E-state index contributed by atoms with van der Waals surface area (Å²) < 4.78 is 42.0. The first-order valence-corrected chi connectivity index (χ1v) is 7.28. The van der Waals surface area contributed by atoms with E-state index in [4.69, 9.17) is 0 Å². The number of halogens is 3. The molecule has 0 amide bonds. The van der Waals surface area contributed by atoms with Gasteiger partial charge in [-0.3, -0.25) is 0 Å². The van der Waals surface area contributed by atoms with Gasteiger partial charge < -0.3 is 0 Å². The molecule has 0 aromatic heterocycles. The zero-order valence-electron chi connectivity index (χ0n) is 11.8. The van der Waals surface area contributed by atoms with Crippen LogP contribution in [0.5, 0.6) is 0 Å². The molecular weight excluding hydrogens is 297 g/mol. The van der Waals surface area contributed by atoms with Crippen molar-refractivity contribution in [3.8, 4) is 0 Å². The lowest BCUT2D eigenvalue weighted by molar-refractivity contribution is 0.627. The van der Waals surface area contributed by atoms with E-state index >= 15 is 0 Å². The summed E-state index contributed by atoms with van der Waals surface area (Å²) in [6, 6.07) is 13.9. The summed E-state index contributed by atoms with van der Waals surface area (Å²) in [5, 5.41) is 5.64. The Bertz CT molecular complexity index is 1230. The van der Waals surface area contributed by atoms with Gasteiger partial charge >= 0.3 is 0 Å². The van der Waals surface area contributed by atoms with E-state index in [-0.39, 0.29) is 5.82 Å². The lowest BCUT2D eigenvalue weighted by Gasteiger charge is -2.14. The molecule has 0 radical (unpaired) electrons. The molecule has 0 fully saturated rings. The largest absolute Gasteiger partial charge is 0.207 e. The van der Waals surface area contributed by atoms with Gasteiger partial charge in [-0.2, -0.15) is 0 Å². The summed E-state index contributed by atoms with van der Waals surface area (Å²) in [5.74, 6) is -1.24. The minimum Gasteiger partial charge on any atom is -0.207 e. The molecule has 5 aromatic carbocycles. The Hall–Kier alpha value is -2.81. The Kier molecular flexibility index (Phi) is 2.28. The van der Waals surface area contributed by atoms with Crippen LogP contribution in [-0.2, 0) is 0 Å². The lowest BCUT2D eigenvalue weighted by atomic mass is 9.89. The van der Waals surface area contributed by atoms with Gasteiger partial charge in [0.25, 0.3) is 0 Å². The molecule has 5 rings (SSSR count). The van der Waals surface area contributed by atoms with E-state index < -0.39 is 11.6 Å². The molecule has 0 bridgehead atoms. The van der Waals surface area contributed by atoms with Crippen LogP contribution < -0.4 is 0 Å². The third-order valence-corrected chi connectivity index (χ3v) is 4.50. The highest BCUT2D eigenvalue weighted by Gasteiger charge is 2.15. The number of benzene rings is 5. The van der Waals surface area contributed by atoms with Crippen molar-refractivity contribution in [2.75, 3.05) is 0 Å². The van der Waals surface area contributed by atoms with Crippen molar-refractivity contribution in [2.45, 2.75) is 0 Å². The molecule has 0 aliphatic carbocycles. The monoisotopic (exact) mass is 306 g/mol. The third-order valence-electron chi connectivity index (χ3n) is 4.50. The molecule has 0 atom stereocenters. The minimum absolute atomic E-state index is 0.368. The first-order valence-electron chi connectivity index (χ1n) is 7.28. The SMILES string of the molecule is Fc1cc2cccc3c4cc(F)cc5cc(F)cc(c(c1)c23)c54. The van der Waals surface area contributed by atoms with E-state index in [9.17, 15) is 13.2 Å². The fourth-order valence-electron chi connectivity index (χ4n) is 3.70. The van der Waals surface area contributed by atoms with Crippen molar-refractivity contribution >= 4 is 43.1 Å². The fourth-order valence-corrected chi connectivity index (χ4v) is 3.70. The Morgan fingerprint density at radius 1 is 0.478 bits per heavy atom. The van der Waals surface area contributed by atoms with Crippen LogP contribution in [0.2, 0.25) is 0 Å². The molecule has 0 heterocycles. The van der Waals surface area contributed by atoms with Crippen LogP contribution in [0.1, 0.15) is 0 Å². The van der Waals surface area contributed by atoms with Gasteiger partial charge in [0.15, 0.2) is 0 Å². The van der Waals surface area contributed by atoms with Gasteiger partial charge in [-0.25, -0.2) is 13.2 Å². The molecule has 0 unspecified atom stereocenters. The predicted octanol–water partition coefficient (Wildman–Crippen LogP) is 6.15. The van der Waals surface area contributed by atoms with Gasteiger partial charge in [-0.1, -0.05) is 18.2 Å². The van der Waals surface area contributed by atoms with Gasteiger partial charge in [-0.15, -0.1) is 0 Å². The zero-order chi connectivity index (χ0) is 15.7. The van der Waals surface area contributed by atoms with Crippen LogP contribution >= 0.6 is 0 Å². The average Bonchev–Trinajstić information content (AvgIpc) is 2.50. The molecule has 110 valence electrons. The van der Waals surface area contributed by atoms with Gasteiger partial charge in [0.1, 0.15) is 17.5 Å². The normalized spacial score (nSPS) is 12.1. The quantitative estimate of drug-likeness (QED) is 0.237. The summed E-state index contributed by atoms with van der Waals surface area (Å²) in [6.45, 7) is 0. The van der Waals surface area contributed by atoms with Crippen LogP contribution in [-0.4, -0.2) is 0 Å². The molecule has 0 N–H and O–H groups in total. The van der Waals surface area contributed by atoms with Crippen molar-refractivity contribution in [2.24, 2.45) is 0 Å². The first kappa shape index (κ1) is 12.7. The van der Waals surface area contributed by atoms with E-state index in [0.29, 0.717) is 16.2 Å². The second kappa shape index (κ2) is 4.13. The Labute approximate surface area is 129 Å². The van der Waals surface area contributed by atoms with Gasteiger partial charge in [-0.05, 0) is 79.5 Å². The topological polar surface area (TPSA) is 0 Å². The van der Waals surface area contributed by atoms with Crippen molar-refractivity contribution in [1.82, 2.24) is 0 Å². The molecule has 0 saturated carbocycles. The summed E-state index contributed by atoms with van der Waals surface area (Å²) >= 11 is 0. The van der Waals surface area contributed by atoms with E-state index in [2.05, 4.69) is 0 Å². The maximum Gasteiger partial charge on any atom is 0.124 e. The highest BCUT2D eigenvalue weighted by molar-refractivity contribution is 6.32. The molecule has 5 aromatic rings. The summed E-state index contributed by atoms with van der Waals surface area (Å²) in [7, 11) is 0. The molecular formula is C20H9F3. The van der Waals surface area contributed by atoms with Crippen LogP contribution in [0.4, 0.5) is 13.2 Å². The van der Waals surface area contributed by atoms with Gasteiger partial charge in [0, 0.05) is 0 Å². The molecule has 3 heteroatoms. The van der Waals surface area contributed by atoms with Crippen molar-refractivity contribution < 1.29 is 13.2 Å². The molecule has 0 aliphatic rings. The molecule has 0 spiro atoms. The Balaban J connectivity index is 2.27. The van der Waals surface area contributed by atoms with Crippen LogP contribution in [0.25, 0.3) is 43.1 Å². The summed E-state index contributed by atoms with van der Waals surface area (Å²) in [5.41, 5.74) is 0. The molecule has 0 aliphatic heterocycles. The molecule has 23 heavy (non-hydrogen) atoms. The second-order valence-corrected chi connectivity index (χ2v) is 5.86. The zero-order valence-corrected chi connectivity index (χ0v) is 11.8. The Morgan fingerprint density at radius 2 is 0.957 bits per heavy atom. The van der Waals surface area contributed by atoms with Crippen molar-refractivity contribution in [3.05, 3.63) is 72.0 Å². The minimum atomic E-state index is -0.458. The standard InChI is InChI=1S/C20H9F3/c21-12-4-10-2-1-3-15-16-7-13(22)5-11-6-14(23)9-18(20(11)16)17(8-12)19(10)15/h1-9H. The van der Waals surface area contributed by atoms with Gasteiger partial charge in [0.2, 0.25) is 0 Å². The van der Waals surface area contributed by atoms with E-state index in [0.717, 1.165) is 26.9 Å². The molecule has 0 saturated heterocycles. The highest BCUT2D eigenvalue weighted by Crippen LogP contribution is 2.41. The summed E-state index contributed by atoms with van der Waals surface area (Å²) in [4.78, 5) is 0. The van der Waals surface area contributed by atoms with E-state index in [1.165, 1.54) is 36.4 Å². The maximum absolute atomic E-state index is 14.0. The van der Waals surface area contributed by atoms with E-state index in [1.807, 2.05) is 18.2 Å². The third kappa shape index (κ3) is 1.62.